The molecule has 1 aromatic heterocycles. The number of hydrogen-bond acceptors (Lipinski definition) is 4. The van der Waals surface area contributed by atoms with Gasteiger partial charge in [-0.3, -0.25) is 9.36 Å². The third-order valence-electron chi connectivity index (χ3n) is 9.14. The standard InChI is InChI=1S/C34H33F3N2O5S/c1-2-26-28(19-22-12-8-11-21-10-6-7-17-27(21)22)30(23-13-9-14-24(18-23)34(35,36)37)32-39(31(26)40)29(33(41)42)20-38(45(32,43)44)25-15-4-3-5-16-25/h6-14,17-18,25,29H,2-5,15-16,19-20H2,1H3,(H,41,42). The van der Waals surface area contributed by atoms with Gasteiger partial charge < -0.3 is 5.11 Å². The van der Waals surface area contributed by atoms with E-state index in [0.717, 1.165) is 52.3 Å². The van der Waals surface area contributed by atoms with Gasteiger partial charge in [0.15, 0.2) is 5.03 Å². The van der Waals surface area contributed by atoms with Crippen molar-refractivity contribution in [2.75, 3.05) is 6.54 Å². The van der Waals surface area contributed by atoms with Crippen LogP contribution < -0.4 is 5.56 Å². The van der Waals surface area contributed by atoms with E-state index in [1.165, 1.54) is 16.4 Å². The average Bonchev–Trinajstić information content (AvgIpc) is 3.01. The summed E-state index contributed by atoms with van der Waals surface area (Å²) in [4.78, 5) is 27.0. The zero-order chi connectivity index (χ0) is 32.1. The Balaban J connectivity index is 1.73. The van der Waals surface area contributed by atoms with Crippen molar-refractivity contribution in [3.05, 3.63) is 99.3 Å². The maximum atomic E-state index is 14.7. The molecule has 45 heavy (non-hydrogen) atoms. The van der Waals surface area contributed by atoms with Gasteiger partial charge in [0.1, 0.15) is 6.04 Å². The normalized spacial score (nSPS) is 19.0. The van der Waals surface area contributed by atoms with E-state index in [-0.39, 0.29) is 35.1 Å². The van der Waals surface area contributed by atoms with Crippen LogP contribution in [0, 0.1) is 0 Å². The predicted molar refractivity (Wildman–Crippen MR) is 165 cm³/mol. The molecule has 2 aliphatic rings. The average molecular weight is 639 g/mol. The minimum atomic E-state index is -4.72. The lowest BCUT2D eigenvalue weighted by Crippen LogP contribution is -2.54. The predicted octanol–water partition coefficient (Wildman–Crippen LogP) is 6.80. The van der Waals surface area contributed by atoms with Crippen molar-refractivity contribution in [2.24, 2.45) is 0 Å². The number of alkyl halides is 3. The van der Waals surface area contributed by atoms with Crippen molar-refractivity contribution >= 4 is 26.8 Å². The van der Waals surface area contributed by atoms with Gasteiger partial charge in [-0.05, 0) is 65.3 Å². The number of carboxylic acids is 1. The zero-order valence-electron chi connectivity index (χ0n) is 24.7. The molecule has 1 aliphatic carbocycles. The van der Waals surface area contributed by atoms with Gasteiger partial charge in [0.2, 0.25) is 0 Å². The minimum Gasteiger partial charge on any atom is -0.480 e. The number of fused-ring (bicyclic) bond motifs is 2. The number of rotatable bonds is 6. The molecule has 1 atom stereocenters. The molecular formula is C34H33F3N2O5S. The molecule has 4 aromatic rings. The van der Waals surface area contributed by atoms with Crippen LogP contribution in [0.5, 0.6) is 0 Å². The van der Waals surface area contributed by atoms with Gasteiger partial charge in [0.25, 0.3) is 15.6 Å². The zero-order valence-corrected chi connectivity index (χ0v) is 25.5. The Morgan fingerprint density at radius 3 is 2.33 bits per heavy atom. The van der Waals surface area contributed by atoms with E-state index in [2.05, 4.69) is 0 Å². The molecule has 11 heteroatoms. The molecule has 236 valence electrons. The first-order valence-corrected chi connectivity index (χ1v) is 16.6. The molecule has 3 aromatic carbocycles. The molecule has 1 fully saturated rings. The van der Waals surface area contributed by atoms with Crippen LogP contribution in [0.2, 0.25) is 0 Å². The monoisotopic (exact) mass is 638 g/mol. The van der Waals surface area contributed by atoms with E-state index >= 15 is 0 Å². The Bertz CT molecular complexity index is 1960. The lowest BCUT2D eigenvalue weighted by molar-refractivity contribution is -0.142. The van der Waals surface area contributed by atoms with E-state index in [1.807, 2.05) is 42.5 Å². The molecule has 0 amide bonds. The number of hydrogen-bond donors (Lipinski definition) is 1. The van der Waals surface area contributed by atoms with Crippen molar-refractivity contribution in [1.82, 2.24) is 8.87 Å². The SMILES string of the molecule is CCc1c(Cc2cccc3ccccc23)c(-c2cccc(C(F)(F)F)c2)c2n(c1=O)C(C(=O)O)CN(C1CCCCC1)S2(=O)=O. The highest BCUT2D eigenvalue weighted by Crippen LogP contribution is 2.43. The van der Waals surface area contributed by atoms with Crippen LogP contribution in [-0.2, 0) is 33.8 Å². The highest BCUT2D eigenvalue weighted by molar-refractivity contribution is 7.89. The molecule has 7 nitrogen and oxygen atoms in total. The van der Waals surface area contributed by atoms with E-state index in [1.54, 1.807) is 6.92 Å². The van der Waals surface area contributed by atoms with Crippen LogP contribution in [0.25, 0.3) is 21.9 Å². The van der Waals surface area contributed by atoms with E-state index in [4.69, 9.17) is 0 Å². The maximum Gasteiger partial charge on any atom is 0.416 e. The summed E-state index contributed by atoms with van der Waals surface area (Å²) in [5.74, 6) is -1.38. The fourth-order valence-electron chi connectivity index (χ4n) is 7.01. The van der Waals surface area contributed by atoms with Crippen LogP contribution in [0.4, 0.5) is 13.2 Å². The van der Waals surface area contributed by atoms with Gasteiger partial charge in [0.05, 0.1) is 5.56 Å². The number of nitrogens with zero attached hydrogens (tertiary/aromatic N) is 2. The Labute approximate surface area is 259 Å². The number of sulfonamides is 1. The fourth-order valence-corrected chi connectivity index (χ4v) is 9.13. The Hall–Kier alpha value is -3.96. The third kappa shape index (κ3) is 5.46. The van der Waals surface area contributed by atoms with Crippen molar-refractivity contribution in [1.29, 1.82) is 0 Å². The summed E-state index contributed by atoms with van der Waals surface area (Å²) in [5, 5.41) is 11.6. The van der Waals surface area contributed by atoms with Crippen LogP contribution in [0.1, 0.15) is 67.3 Å². The smallest absolute Gasteiger partial charge is 0.416 e. The topological polar surface area (TPSA) is 96.7 Å². The Morgan fingerprint density at radius 2 is 1.64 bits per heavy atom. The van der Waals surface area contributed by atoms with Gasteiger partial charge in [-0.1, -0.05) is 80.8 Å². The number of halogens is 3. The van der Waals surface area contributed by atoms with Crippen LogP contribution in [0.15, 0.2) is 76.6 Å². The summed E-state index contributed by atoms with van der Waals surface area (Å²) in [6.45, 7) is 1.27. The summed E-state index contributed by atoms with van der Waals surface area (Å²) in [7, 11) is -4.53. The molecule has 6 rings (SSSR count). The van der Waals surface area contributed by atoms with E-state index in [0.29, 0.717) is 12.8 Å². The number of pyridine rings is 1. The molecule has 0 bridgehead atoms. The highest BCUT2D eigenvalue weighted by Gasteiger charge is 2.47. The molecule has 1 unspecified atom stereocenters. The van der Waals surface area contributed by atoms with Gasteiger partial charge in [0, 0.05) is 23.7 Å². The molecular weight excluding hydrogens is 605 g/mol. The molecule has 1 N–H and O–H groups in total. The molecule has 1 saturated carbocycles. The van der Waals surface area contributed by atoms with E-state index < -0.39 is 56.9 Å². The highest BCUT2D eigenvalue weighted by atomic mass is 32.2. The maximum absolute atomic E-state index is 14.7. The second-order valence-electron chi connectivity index (χ2n) is 11.8. The van der Waals surface area contributed by atoms with Crippen molar-refractivity contribution < 1.29 is 31.5 Å². The summed E-state index contributed by atoms with van der Waals surface area (Å²) in [6.07, 6.45) is -1.03. The number of aromatic nitrogens is 1. The first kappa shape index (κ1) is 31.0. The Morgan fingerprint density at radius 1 is 0.956 bits per heavy atom. The minimum absolute atomic E-state index is 0.0447. The fraction of sp³-hybridized carbons (Fsp3) is 0.353. The molecule has 0 spiro atoms. The van der Waals surface area contributed by atoms with Crippen LogP contribution in [-0.4, -0.2) is 41.0 Å². The van der Waals surface area contributed by atoms with Crippen LogP contribution >= 0.6 is 0 Å². The molecule has 0 saturated heterocycles. The van der Waals surface area contributed by atoms with Crippen molar-refractivity contribution in [3.8, 4) is 11.1 Å². The summed E-state index contributed by atoms with van der Waals surface area (Å²) < 4.78 is 73.4. The summed E-state index contributed by atoms with van der Waals surface area (Å²) in [5.41, 5.74) is -0.625. The van der Waals surface area contributed by atoms with Gasteiger partial charge in [-0.2, -0.15) is 17.5 Å². The second-order valence-corrected chi connectivity index (χ2v) is 13.6. The molecule has 1 aliphatic heterocycles. The molecule has 0 radical (unpaired) electrons. The van der Waals surface area contributed by atoms with E-state index in [9.17, 15) is 36.3 Å². The number of benzene rings is 3. The molecule has 2 heterocycles. The second kappa shape index (κ2) is 11.8. The number of aliphatic carboxylic acids is 1. The quantitative estimate of drug-likeness (QED) is 0.251. The van der Waals surface area contributed by atoms with Gasteiger partial charge in [-0.25, -0.2) is 13.2 Å². The van der Waals surface area contributed by atoms with Gasteiger partial charge >= 0.3 is 12.1 Å². The first-order valence-electron chi connectivity index (χ1n) is 15.1. The lowest BCUT2D eigenvalue weighted by atomic mass is 9.89. The van der Waals surface area contributed by atoms with Crippen molar-refractivity contribution in [3.63, 3.8) is 0 Å². The van der Waals surface area contributed by atoms with Crippen LogP contribution in [0.3, 0.4) is 0 Å². The first-order chi connectivity index (χ1) is 21.4. The number of carbonyl (C=O) groups is 1. The Kier molecular flexibility index (Phi) is 8.11. The summed E-state index contributed by atoms with van der Waals surface area (Å²) in [6, 6.07) is 15.5. The lowest BCUT2D eigenvalue weighted by Gasteiger charge is -2.40. The third-order valence-corrected chi connectivity index (χ3v) is 11.1. The number of carboxylic acid groups (broad SMARTS) is 1. The van der Waals surface area contributed by atoms with Crippen molar-refractivity contribution in [2.45, 2.75) is 75.2 Å². The summed E-state index contributed by atoms with van der Waals surface area (Å²) >= 11 is 0. The van der Waals surface area contributed by atoms with Gasteiger partial charge in [-0.15, -0.1) is 0 Å². The largest absolute Gasteiger partial charge is 0.480 e.